The molecule has 0 aromatic carbocycles. The summed E-state index contributed by atoms with van der Waals surface area (Å²) in [7, 11) is 0. The Kier molecular flexibility index (Phi) is 5.88. The number of carbonyl (C=O) groups excluding carboxylic acids is 1. The molecular weight excluding hydrogens is 374 g/mol. The van der Waals surface area contributed by atoms with Crippen molar-refractivity contribution in [3.05, 3.63) is 27.2 Å². The lowest BCUT2D eigenvalue weighted by Crippen LogP contribution is -2.53. The first-order valence-corrected chi connectivity index (χ1v) is 6.57. The number of hydrogen-bond acceptors (Lipinski definition) is 7. The minimum absolute atomic E-state index is 0.116. The van der Waals surface area contributed by atoms with Crippen molar-refractivity contribution in [2.75, 3.05) is 6.61 Å². The molecule has 0 spiro atoms. The lowest BCUT2D eigenvalue weighted by molar-refractivity contribution is -0.136. The van der Waals surface area contributed by atoms with Gasteiger partial charge in [-0.3, -0.25) is 4.79 Å². The van der Waals surface area contributed by atoms with Crippen molar-refractivity contribution in [3.8, 4) is 5.88 Å². The van der Waals surface area contributed by atoms with Crippen molar-refractivity contribution in [2.24, 2.45) is 0 Å². The van der Waals surface area contributed by atoms with Crippen LogP contribution in [0.5, 0.6) is 5.88 Å². The Bertz CT molecular complexity index is 648. The van der Waals surface area contributed by atoms with E-state index >= 15 is 0 Å². The highest BCUT2D eigenvalue weighted by molar-refractivity contribution is 9.11. The molecule has 2 atom stereocenters. The number of nitrogens with zero attached hydrogens (tertiary/aromatic N) is 2. The molecule has 0 radical (unpaired) electrons. The number of halogens is 3. The molecule has 8 nitrogen and oxygen atoms in total. The summed E-state index contributed by atoms with van der Waals surface area (Å²) in [6, 6.07) is 0. The third-order valence-corrected chi connectivity index (χ3v) is 2.87. The largest absolute Gasteiger partial charge is 0.493 e. The summed E-state index contributed by atoms with van der Waals surface area (Å²) in [6.45, 7) is -1.22. The zero-order valence-electron chi connectivity index (χ0n) is 10.7. The molecule has 1 aromatic heterocycles. The van der Waals surface area contributed by atoms with Gasteiger partial charge < -0.3 is 20.4 Å². The first-order chi connectivity index (χ1) is 10.2. The van der Waals surface area contributed by atoms with Gasteiger partial charge in [-0.15, -0.1) is 0 Å². The third-order valence-electron chi connectivity index (χ3n) is 2.60. The molecule has 1 heterocycles. The van der Waals surface area contributed by atoms with Crippen LogP contribution in [0.4, 0.5) is 8.78 Å². The molecule has 0 saturated heterocycles. The summed E-state index contributed by atoms with van der Waals surface area (Å²) in [5.41, 5.74) is -1.72. The highest BCUT2D eigenvalue weighted by Gasteiger charge is 2.51. The fraction of sp³-hybridized carbons (Fsp3) is 0.364. The molecule has 0 saturated carbocycles. The number of carbonyl (C=O) groups is 1. The molecule has 11 heteroatoms. The minimum atomic E-state index is -4.57. The van der Waals surface area contributed by atoms with Crippen LogP contribution in [-0.2, 0) is 0 Å². The van der Waals surface area contributed by atoms with Crippen LogP contribution in [0.15, 0.2) is 16.0 Å². The van der Waals surface area contributed by atoms with Crippen LogP contribution in [0.3, 0.4) is 0 Å². The van der Waals surface area contributed by atoms with Crippen molar-refractivity contribution >= 4 is 27.9 Å². The van der Waals surface area contributed by atoms with Gasteiger partial charge in [0.15, 0.2) is 6.10 Å². The monoisotopic (exact) mass is 384 g/mol. The SMILES string of the molecule is O=C(n1cc(C=CBr)c(O)nc1=O)C(F)(F)[C@H](O)[C@H](O)CO. The number of alkyl halides is 2. The van der Waals surface area contributed by atoms with Gasteiger partial charge in [-0.1, -0.05) is 15.9 Å². The molecule has 0 unspecified atom stereocenters. The Hall–Kier alpha value is -1.69. The van der Waals surface area contributed by atoms with E-state index in [2.05, 4.69) is 20.9 Å². The van der Waals surface area contributed by atoms with Crippen LogP contribution in [0, 0.1) is 0 Å². The molecule has 0 amide bonds. The predicted molar refractivity (Wildman–Crippen MR) is 72.8 cm³/mol. The summed E-state index contributed by atoms with van der Waals surface area (Å²) in [5, 5.41) is 36.1. The number of aromatic nitrogens is 2. The molecule has 0 aliphatic rings. The van der Waals surface area contributed by atoms with Crippen LogP contribution >= 0.6 is 15.9 Å². The van der Waals surface area contributed by atoms with Gasteiger partial charge in [0, 0.05) is 6.20 Å². The average Bonchev–Trinajstić information content (AvgIpc) is 2.47. The first-order valence-electron chi connectivity index (χ1n) is 5.65. The highest BCUT2D eigenvalue weighted by Crippen LogP contribution is 2.24. The topological polar surface area (TPSA) is 133 Å². The Balaban J connectivity index is 3.33. The number of hydrogen-bond donors (Lipinski definition) is 4. The zero-order chi connectivity index (χ0) is 17.1. The van der Waals surface area contributed by atoms with E-state index in [4.69, 9.17) is 10.2 Å². The summed E-state index contributed by atoms with van der Waals surface area (Å²) in [4.78, 5) is 27.4. The van der Waals surface area contributed by atoms with E-state index in [0.717, 1.165) is 6.08 Å². The molecule has 0 bridgehead atoms. The molecule has 22 heavy (non-hydrogen) atoms. The fourth-order valence-electron chi connectivity index (χ4n) is 1.42. The number of rotatable bonds is 5. The molecule has 0 fully saturated rings. The van der Waals surface area contributed by atoms with E-state index in [0.29, 0.717) is 6.20 Å². The second-order valence-electron chi connectivity index (χ2n) is 4.09. The smallest absolute Gasteiger partial charge is 0.357 e. The molecular formula is C11H11BrF2N2O6. The summed E-state index contributed by atoms with van der Waals surface area (Å²) < 4.78 is 27.5. The molecule has 0 aliphatic carbocycles. The van der Waals surface area contributed by atoms with Crippen LogP contribution in [0.2, 0.25) is 0 Å². The van der Waals surface area contributed by atoms with Crippen molar-refractivity contribution in [1.82, 2.24) is 9.55 Å². The standard InChI is InChI=1S/C11H11BrF2N2O6/c12-2-1-5-3-16(10(22)15-8(5)20)9(21)11(13,14)7(19)6(18)4-17/h1-3,6-7,17-19H,4H2,(H,15,20,22)/t6-,7-/m1/s1. The van der Waals surface area contributed by atoms with Crippen molar-refractivity contribution < 1.29 is 34.0 Å². The van der Waals surface area contributed by atoms with Gasteiger partial charge in [-0.05, 0) is 11.1 Å². The van der Waals surface area contributed by atoms with Gasteiger partial charge in [0.05, 0.1) is 12.2 Å². The second kappa shape index (κ2) is 7.05. The quantitative estimate of drug-likeness (QED) is 0.527. The molecule has 122 valence electrons. The van der Waals surface area contributed by atoms with Gasteiger partial charge in [-0.25, -0.2) is 9.36 Å². The van der Waals surface area contributed by atoms with Crippen molar-refractivity contribution in [1.29, 1.82) is 0 Å². The normalized spacial score (nSPS) is 15.0. The summed E-state index contributed by atoms with van der Waals surface area (Å²) >= 11 is 2.85. The molecule has 1 rings (SSSR count). The van der Waals surface area contributed by atoms with Gasteiger partial charge in [0.2, 0.25) is 5.88 Å². The Morgan fingerprint density at radius 2 is 2.09 bits per heavy atom. The number of aliphatic hydroxyl groups is 3. The second-order valence-corrected chi connectivity index (χ2v) is 4.62. The van der Waals surface area contributed by atoms with Gasteiger partial charge in [-0.2, -0.15) is 13.8 Å². The van der Waals surface area contributed by atoms with E-state index in [9.17, 15) is 28.6 Å². The van der Waals surface area contributed by atoms with E-state index in [1.165, 1.54) is 4.99 Å². The Labute approximate surface area is 130 Å². The maximum atomic E-state index is 13.8. The van der Waals surface area contributed by atoms with Crippen LogP contribution in [0.1, 0.15) is 10.4 Å². The Morgan fingerprint density at radius 1 is 1.50 bits per heavy atom. The summed E-state index contributed by atoms with van der Waals surface area (Å²) in [5.74, 6) is -7.53. The van der Waals surface area contributed by atoms with Crippen LogP contribution in [-0.4, -0.2) is 60.6 Å². The maximum absolute atomic E-state index is 13.8. The van der Waals surface area contributed by atoms with Gasteiger partial charge in [0.1, 0.15) is 6.10 Å². The first kappa shape index (κ1) is 18.4. The lowest BCUT2D eigenvalue weighted by atomic mass is 10.1. The van der Waals surface area contributed by atoms with Crippen LogP contribution < -0.4 is 5.69 Å². The fourth-order valence-corrected chi connectivity index (χ4v) is 1.71. The van der Waals surface area contributed by atoms with E-state index in [-0.39, 0.29) is 10.1 Å². The van der Waals surface area contributed by atoms with Crippen molar-refractivity contribution in [2.45, 2.75) is 18.1 Å². The zero-order valence-corrected chi connectivity index (χ0v) is 12.3. The lowest BCUT2D eigenvalue weighted by Gasteiger charge is -2.24. The van der Waals surface area contributed by atoms with Crippen LogP contribution in [0.25, 0.3) is 6.08 Å². The van der Waals surface area contributed by atoms with E-state index in [1.54, 1.807) is 0 Å². The molecule has 0 aliphatic heterocycles. The number of aromatic hydroxyl groups is 1. The van der Waals surface area contributed by atoms with Gasteiger partial charge in [0.25, 0.3) is 0 Å². The van der Waals surface area contributed by atoms with E-state index in [1.807, 2.05) is 0 Å². The highest BCUT2D eigenvalue weighted by atomic mass is 79.9. The summed E-state index contributed by atoms with van der Waals surface area (Å²) in [6.07, 6.45) is -3.50. The maximum Gasteiger partial charge on any atom is 0.357 e. The third kappa shape index (κ3) is 3.55. The number of aliphatic hydroxyl groups excluding tert-OH is 3. The molecule has 4 N–H and O–H groups in total. The van der Waals surface area contributed by atoms with Crippen molar-refractivity contribution in [3.63, 3.8) is 0 Å². The van der Waals surface area contributed by atoms with Gasteiger partial charge >= 0.3 is 17.5 Å². The Morgan fingerprint density at radius 3 is 2.59 bits per heavy atom. The molecule has 1 aromatic rings. The minimum Gasteiger partial charge on any atom is -0.493 e. The van der Waals surface area contributed by atoms with E-state index < -0.39 is 42.2 Å². The predicted octanol–water partition coefficient (Wildman–Crippen LogP) is -0.696. The average molecular weight is 385 g/mol.